The molecule has 1 rings (SSSR count). The second kappa shape index (κ2) is 11.2. The number of aliphatic hydroxyl groups is 2. The van der Waals surface area contributed by atoms with Gasteiger partial charge in [-0.3, -0.25) is 9.63 Å². The van der Waals surface area contributed by atoms with E-state index in [4.69, 9.17) is 14.3 Å². The molecule has 27 heavy (non-hydrogen) atoms. The van der Waals surface area contributed by atoms with Crippen molar-refractivity contribution in [2.45, 2.75) is 39.6 Å². The van der Waals surface area contributed by atoms with Crippen molar-refractivity contribution in [1.82, 2.24) is 5.06 Å². The van der Waals surface area contributed by atoms with Crippen molar-refractivity contribution in [2.24, 2.45) is 17.8 Å². The first-order valence-electron chi connectivity index (χ1n) is 9.11. The molecule has 0 aliphatic carbocycles. The largest absolute Gasteiger partial charge is 0.497 e. The van der Waals surface area contributed by atoms with E-state index in [1.807, 2.05) is 31.2 Å². The van der Waals surface area contributed by atoms with Gasteiger partial charge in [-0.1, -0.05) is 32.9 Å². The molecule has 0 unspecified atom stereocenters. The molecule has 0 heterocycles. The van der Waals surface area contributed by atoms with Crippen LogP contribution in [0.3, 0.4) is 0 Å². The SMILES string of the molecule is COc1ccc(CO[C@@H]([C@@H](C)[C@H](O)[C@@H](C)CO)[C@@H](C)C(=O)N(C)OC)cc1. The fourth-order valence-corrected chi connectivity index (χ4v) is 3.00. The molecule has 5 atom stereocenters. The molecular weight excluding hydrogens is 350 g/mol. The molecule has 154 valence electrons. The monoisotopic (exact) mass is 383 g/mol. The molecule has 0 saturated heterocycles. The van der Waals surface area contributed by atoms with Gasteiger partial charge in [-0.15, -0.1) is 0 Å². The van der Waals surface area contributed by atoms with Gasteiger partial charge < -0.3 is 19.7 Å². The van der Waals surface area contributed by atoms with Gasteiger partial charge >= 0.3 is 0 Å². The Bertz CT molecular complexity index is 564. The summed E-state index contributed by atoms with van der Waals surface area (Å²) in [6.07, 6.45) is -1.36. The average Bonchev–Trinajstić information content (AvgIpc) is 2.71. The Balaban J connectivity index is 2.95. The van der Waals surface area contributed by atoms with Crippen molar-refractivity contribution in [1.29, 1.82) is 0 Å². The van der Waals surface area contributed by atoms with E-state index in [1.54, 1.807) is 21.0 Å². The summed E-state index contributed by atoms with van der Waals surface area (Å²) in [7, 11) is 4.56. The summed E-state index contributed by atoms with van der Waals surface area (Å²) in [5.41, 5.74) is 0.928. The summed E-state index contributed by atoms with van der Waals surface area (Å²) in [4.78, 5) is 17.5. The van der Waals surface area contributed by atoms with Crippen LogP contribution in [0.1, 0.15) is 26.3 Å². The Kier molecular flexibility index (Phi) is 9.73. The first kappa shape index (κ1) is 23.4. The van der Waals surface area contributed by atoms with Crippen LogP contribution >= 0.6 is 0 Å². The van der Waals surface area contributed by atoms with Crippen molar-refractivity contribution < 1.29 is 29.3 Å². The van der Waals surface area contributed by atoms with Crippen LogP contribution in [-0.2, 0) is 21.0 Å². The maximum Gasteiger partial charge on any atom is 0.251 e. The van der Waals surface area contributed by atoms with Gasteiger partial charge in [0, 0.05) is 25.5 Å². The van der Waals surface area contributed by atoms with Crippen molar-refractivity contribution in [3.63, 3.8) is 0 Å². The number of carbonyl (C=O) groups is 1. The zero-order valence-corrected chi connectivity index (χ0v) is 17.1. The molecule has 7 heteroatoms. The van der Waals surface area contributed by atoms with Crippen molar-refractivity contribution in [3.8, 4) is 5.75 Å². The third-order valence-corrected chi connectivity index (χ3v) is 5.00. The Morgan fingerprint density at radius 3 is 2.22 bits per heavy atom. The highest BCUT2D eigenvalue weighted by Crippen LogP contribution is 2.26. The highest BCUT2D eigenvalue weighted by atomic mass is 16.7. The van der Waals surface area contributed by atoms with Crippen LogP contribution in [-0.4, -0.2) is 61.3 Å². The van der Waals surface area contributed by atoms with Crippen molar-refractivity contribution in [3.05, 3.63) is 29.8 Å². The zero-order chi connectivity index (χ0) is 20.6. The van der Waals surface area contributed by atoms with Crippen LogP contribution in [0.2, 0.25) is 0 Å². The number of carbonyl (C=O) groups excluding carboxylic acids is 1. The molecule has 0 radical (unpaired) electrons. The van der Waals surface area contributed by atoms with E-state index >= 15 is 0 Å². The standard InChI is InChI=1S/C20H33NO6/c1-13(11-22)18(23)14(2)19(15(3)20(24)21(4)26-6)27-12-16-7-9-17(25-5)10-8-16/h7-10,13-15,18-19,22-23H,11-12H2,1-6H3/t13-,14-,15+,18+,19-/m0/s1. The Hall–Kier alpha value is -1.67. The third kappa shape index (κ3) is 6.46. The third-order valence-electron chi connectivity index (χ3n) is 5.00. The van der Waals surface area contributed by atoms with Gasteiger partial charge in [0.15, 0.2) is 0 Å². The summed E-state index contributed by atoms with van der Waals surface area (Å²) in [6, 6.07) is 7.46. The highest BCUT2D eigenvalue weighted by Gasteiger charge is 2.36. The van der Waals surface area contributed by atoms with E-state index in [2.05, 4.69) is 0 Å². The first-order chi connectivity index (χ1) is 12.8. The van der Waals surface area contributed by atoms with Gasteiger partial charge in [0.05, 0.1) is 39.0 Å². The van der Waals surface area contributed by atoms with Crippen LogP contribution < -0.4 is 4.74 Å². The topological polar surface area (TPSA) is 88.5 Å². The van der Waals surface area contributed by atoms with Crippen molar-refractivity contribution >= 4 is 5.91 Å². The maximum absolute atomic E-state index is 12.6. The molecule has 0 saturated carbocycles. The molecule has 0 spiro atoms. The second-order valence-corrected chi connectivity index (χ2v) is 6.94. The number of hydrogen-bond donors (Lipinski definition) is 2. The van der Waals surface area contributed by atoms with E-state index in [1.165, 1.54) is 14.2 Å². The first-order valence-corrected chi connectivity index (χ1v) is 9.11. The Labute approximate surface area is 161 Å². The molecule has 7 nitrogen and oxygen atoms in total. The zero-order valence-electron chi connectivity index (χ0n) is 17.1. The minimum Gasteiger partial charge on any atom is -0.497 e. The summed E-state index contributed by atoms with van der Waals surface area (Å²) >= 11 is 0. The summed E-state index contributed by atoms with van der Waals surface area (Å²) in [5.74, 6) is -0.720. The molecule has 0 aliphatic heterocycles. The molecule has 0 bridgehead atoms. The predicted molar refractivity (Wildman–Crippen MR) is 102 cm³/mol. The van der Waals surface area contributed by atoms with E-state index in [0.717, 1.165) is 16.4 Å². The maximum atomic E-state index is 12.6. The number of aliphatic hydroxyl groups excluding tert-OH is 2. The van der Waals surface area contributed by atoms with E-state index in [9.17, 15) is 15.0 Å². The normalized spacial score (nSPS) is 16.9. The van der Waals surface area contributed by atoms with Crippen LogP contribution in [0.5, 0.6) is 5.75 Å². The van der Waals surface area contributed by atoms with Gasteiger partial charge in [0.25, 0.3) is 5.91 Å². The van der Waals surface area contributed by atoms with Crippen LogP contribution in [0.4, 0.5) is 0 Å². The van der Waals surface area contributed by atoms with Crippen LogP contribution in [0.25, 0.3) is 0 Å². The smallest absolute Gasteiger partial charge is 0.251 e. The minimum absolute atomic E-state index is 0.142. The lowest BCUT2D eigenvalue weighted by molar-refractivity contribution is -0.181. The number of benzene rings is 1. The van der Waals surface area contributed by atoms with Gasteiger partial charge in [-0.2, -0.15) is 0 Å². The molecule has 2 N–H and O–H groups in total. The highest BCUT2D eigenvalue weighted by molar-refractivity contribution is 5.77. The predicted octanol–water partition coefficient (Wildman–Crippen LogP) is 1.86. The summed E-state index contributed by atoms with van der Waals surface area (Å²) < 4.78 is 11.2. The summed E-state index contributed by atoms with van der Waals surface area (Å²) in [6.45, 7) is 5.48. The van der Waals surface area contributed by atoms with E-state index < -0.39 is 18.1 Å². The molecule has 1 amide bonds. The number of nitrogens with zero attached hydrogens (tertiary/aromatic N) is 1. The average molecular weight is 383 g/mol. The molecule has 0 aliphatic rings. The molecular formula is C20H33NO6. The van der Waals surface area contributed by atoms with Gasteiger partial charge in [0.2, 0.25) is 0 Å². The van der Waals surface area contributed by atoms with Crippen molar-refractivity contribution in [2.75, 3.05) is 27.9 Å². The molecule has 1 aromatic rings. The lowest BCUT2D eigenvalue weighted by Gasteiger charge is -2.35. The lowest BCUT2D eigenvalue weighted by atomic mass is 9.84. The number of rotatable bonds is 11. The Morgan fingerprint density at radius 1 is 1.15 bits per heavy atom. The van der Waals surface area contributed by atoms with Gasteiger partial charge in [-0.05, 0) is 17.7 Å². The lowest BCUT2D eigenvalue weighted by Crippen LogP contribution is -2.45. The number of hydroxylamine groups is 2. The second-order valence-electron chi connectivity index (χ2n) is 6.94. The quantitative estimate of drug-likeness (QED) is 0.567. The Morgan fingerprint density at radius 2 is 1.74 bits per heavy atom. The molecule has 1 aromatic carbocycles. The number of hydrogen-bond acceptors (Lipinski definition) is 6. The number of amides is 1. The van der Waals surface area contributed by atoms with Crippen LogP contribution in [0, 0.1) is 17.8 Å². The van der Waals surface area contributed by atoms with Gasteiger partial charge in [0.1, 0.15) is 5.75 Å². The summed E-state index contributed by atoms with van der Waals surface area (Å²) in [5, 5.41) is 21.1. The minimum atomic E-state index is -0.807. The van der Waals surface area contributed by atoms with Crippen LogP contribution in [0.15, 0.2) is 24.3 Å². The fraction of sp³-hybridized carbons (Fsp3) is 0.650. The molecule has 0 aromatic heterocycles. The number of ether oxygens (including phenoxy) is 2. The number of methoxy groups -OCH3 is 1. The van der Waals surface area contributed by atoms with Gasteiger partial charge in [-0.25, -0.2) is 5.06 Å². The van der Waals surface area contributed by atoms with E-state index in [-0.39, 0.29) is 31.0 Å². The van der Waals surface area contributed by atoms with E-state index in [0.29, 0.717) is 0 Å². The fourth-order valence-electron chi connectivity index (χ4n) is 3.00. The molecule has 0 fully saturated rings.